The van der Waals surface area contributed by atoms with Crippen LogP contribution in [0.2, 0.25) is 0 Å². The second-order valence-electron chi connectivity index (χ2n) is 3.42. The summed E-state index contributed by atoms with van der Waals surface area (Å²) in [5.41, 5.74) is 5.61. The molecule has 1 amide bonds. The molecule has 3 nitrogen and oxygen atoms in total. The summed E-state index contributed by atoms with van der Waals surface area (Å²) in [6.45, 7) is 3.31. The molecule has 0 aliphatic carbocycles. The SMILES string of the molecule is C/C=C/C(=O)N1CCCCC1CN. The van der Waals surface area contributed by atoms with Gasteiger partial charge in [-0.25, -0.2) is 0 Å². The van der Waals surface area contributed by atoms with Crippen molar-refractivity contribution in [1.29, 1.82) is 0 Å². The molecular weight excluding hydrogens is 164 g/mol. The van der Waals surface area contributed by atoms with Crippen molar-refractivity contribution < 1.29 is 4.79 Å². The van der Waals surface area contributed by atoms with Crippen molar-refractivity contribution in [3.8, 4) is 0 Å². The minimum atomic E-state index is 0.109. The van der Waals surface area contributed by atoms with E-state index in [4.69, 9.17) is 5.73 Å². The van der Waals surface area contributed by atoms with Crippen LogP contribution in [-0.4, -0.2) is 29.9 Å². The molecule has 13 heavy (non-hydrogen) atoms. The topological polar surface area (TPSA) is 46.3 Å². The number of amides is 1. The van der Waals surface area contributed by atoms with Gasteiger partial charge in [-0.05, 0) is 32.3 Å². The van der Waals surface area contributed by atoms with Gasteiger partial charge in [0.2, 0.25) is 5.91 Å². The first-order valence-electron chi connectivity index (χ1n) is 4.93. The van der Waals surface area contributed by atoms with Crippen molar-refractivity contribution in [3.63, 3.8) is 0 Å². The number of hydrogen-bond donors (Lipinski definition) is 1. The number of carbonyl (C=O) groups excluding carboxylic acids is 1. The van der Waals surface area contributed by atoms with Crippen molar-refractivity contribution >= 4 is 5.91 Å². The lowest BCUT2D eigenvalue weighted by Crippen LogP contribution is -2.46. The molecule has 1 atom stereocenters. The van der Waals surface area contributed by atoms with Gasteiger partial charge in [-0.2, -0.15) is 0 Å². The van der Waals surface area contributed by atoms with Gasteiger partial charge < -0.3 is 10.6 Å². The Morgan fingerprint density at radius 3 is 3.00 bits per heavy atom. The van der Waals surface area contributed by atoms with Crippen LogP contribution in [0.5, 0.6) is 0 Å². The van der Waals surface area contributed by atoms with Crippen LogP contribution in [0.1, 0.15) is 26.2 Å². The van der Waals surface area contributed by atoms with Gasteiger partial charge in [0, 0.05) is 19.1 Å². The summed E-state index contributed by atoms with van der Waals surface area (Å²) < 4.78 is 0. The predicted octanol–water partition coefficient (Wildman–Crippen LogP) is 0.902. The van der Waals surface area contributed by atoms with Gasteiger partial charge in [-0.3, -0.25) is 4.79 Å². The number of nitrogens with two attached hydrogens (primary N) is 1. The summed E-state index contributed by atoms with van der Waals surface area (Å²) >= 11 is 0. The molecule has 0 aromatic carbocycles. The highest BCUT2D eigenvalue weighted by atomic mass is 16.2. The van der Waals surface area contributed by atoms with Gasteiger partial charge in [0.1, 0.15) is 0 Å². The number of piperidine rings is 1. The van der Waals surface area contributed by atoms with Crippen molar-refractivity contribution in [3.05, 3.63) is 12.2 Å². The Balaban J connectivity index is 2.58. The maximum Gasteiger partial charge on any atom is 0.246 e. The summed E-state index contributed by atoms with van der Waals surface area (Å²) in [6.07, 6.45) is 6.76. The molecule has 0 aromatic heterocycles. The molecule has 74 valence electrons. The summed E-state index contributed by atoms with van der Waals surface area (Å²) in [4.78, 5) is 13.4. The van der Waals surface area contributed by atoms with Crippen LogP contribution >= 0.6 is 0 Å². The first kappa shape index (κ1) is 10.3. The van der Waals surface area contributed by atoms with Gasteiger partial charge in [0.05, 0.1) is 0 Å². The highest BCUT2D eigenvalue weighted by Crippen LogP contribution is 2.16. The van der Waals surface area contributed by atoms with E-state index in [1.807, 2.05) is 11.8 Å². The van der Waals surface area contributed by atoms with E-state index in [0.29, 0.717) is 6.54 Å². The third-order valence-corrected chi connectivity index (χ3v) is 2.49. The van der Waals surface area contributed by atoms with Crippen molar-refractivity contribution in [2.24, 2.45) is 5.73 Å². The molecule has 1 saturated heterocycles. The molecule has 0 spiro atoms. The van der Waals surface area contributed by atoms with E-state index < -0.39 is 0 Å². The molecule has 1 fully saturated rings. The van der Waals surface area contributed by atoms with Crippen LogP contribution in [0, 0.1) is 0 Å². The molecule has 0 radical (unpaired) electrons. The molecule has 0 aromatic rings. The highest BCUT2D eigenvalue weighted by Gasteiger charge is 2.23. The quantitative estimate of drug-likeness (QED) is 0.645. The Labute approximate surface area is 79.6 Å². The van der Waals surface area contributed by atoms with Gasteiger partial charge in [0.25, 0.3) is 0 Å². The number of hydrogen-bond acceptors (Lipinski definition) is 2. The molecule has 2 N–H and O–H groups in total. The summed E-state index contributed by atoms with van der Waals surface area (Å²) in [7, 11) is 0. The monoisotopic (exact) mass is 182 g/mol. The molecule has 1 aliphatic heterocycles. The molecule has 0 bridgehead atoms. The third kappa shape index (κ3) is 2.56. The van der Waals surface area contributed by atoms with Crippen LogP contribution in [-0.2, 0) is 4.79 Å². The molecule has 1 unspecified atom stereocenters. The lowest BCUT2D eigenvalue weighted by Gasteiger charge is -2.34. The lowest BCUT2D eigenvalue weighted by atomic mass is 10.0. The Hall–Kier alpha value is -0.830. The first-order chi connectivity index (χ1) is 6.29. The summed E-state index contributed by atoms with van der Waals surface area (Å²) in [5.74, 6) is 0.109. The average Bonchev–Trinajstić information content (AvgIpc) is 2.18. The average molecular weight is 182 g/mol. The zero-order valence-corrected chi connectivity index (χ0v) is 8.20. The first-order valence-corrected chi connectivity index (χ1v) is 4.93. The van der Waals surface area contributed by atoms with Crippen LogP contribution in [0.3, 0.4) is 0 Å². The van der Waals surface area contributed by atoms with Gasteiger partial charge in [-0.15, -0.1) is 0 Å². The standard InChI is InChI=1S/C10H18N2O/c1-2-5-10(13)12-7-4-3-6-9(12)8-11/h2,5,9H,3-4,6-8,11H2,1H3/b5-2+. The zero-order chi connectivity index (χ0) is 9.68. The second-order valence-corrected chi connectivity index (χ2v) is 3.42. The summed E-state index contributed by atoms with van der Waals surface area (Å²) in [5, 5.41) is 0. The Kier molecular flexibility index (Phi) is 3.96. The van der Waals surface area contributed by atoms with Crippen LogP contribution in [0.4, 0.5) is 0 Å². The number of carbonyl (C=O) groups is 1. The van der Waals surface area contributed by atoms with E-state index in [1.54, 1.807) is 12.2 Å². The number of nitrogens with zero attached hydrogens (tertiary/aromatic N) is 1. The van der Waals surface area contributed by atoms with Crippen LogP contribution < -0.4 is 5.73 Å². The molecule has 1 rings (SSSR count). The van der Waals surface area contributed by atoms with Gasteiger partial charge in [-0.1, -0.05) is 6.08 Å². The third-order valence-electron chi connectivity index (χ3n) is 2.49. The van der Waals surface area contributed by atoms with Crippen LogP contribution in [0.15, 0.2) is 12.2 Å². The fraction of sp³-hybridized carbons (Fsp3) is 0.700. The van der Waals surface area contributed by atoms with Gasteiger partial charge >= 0.3 is 0 Å². The minimum absolute atomic E-state index is 0.109. The number of rotatable bonds is 2. The maximum atomic E-state index is 11.6. The highest BCUT2D eigenvalue weighted by molar-refractivity contribution is 5.87. The fourth-order valence-corrected chi connectivity index (χ4v) is 1.77. The number of likely N-dealkylation sites (tertiary alicyclic amines) is 1. The van der Waals surface area contributed by atoms with Crippen molar-refractivity contribution in [2.75, 3.05) is 13.1 Å². The predicted molar refractivity (Wildman–Crippen MR) is 53.2 cm³/mol. The molecule has 3 heteroatoms. The summed E-state index contributed by atoms with van der Waals surface area (Å²) in [6, 6.07) is 0.262. The van der Waals surface area contributed by atoms with E-state index in [1.165, 1.54) is 6.42 Å². The largest absolute Gasteiger partial charge is 0.335 e. The normalized spacial score (nSPS) is 23.8. The van der Waals surface area contributed by atoms with E-state index in [9.17, 15) is 4.79 Å². The maximum absolute atomic E-state index is 11.6. The number of allylic oxidation sites excluding steroid dienone is 1. The van der Waals surface area contributed by atoms with Gasteiger partial charge in [0.15, 0.2) is 0 Å². The molecule has 1 aliphatic rings. The smallest absolute Gasteiger partial charge is 0.246 e. The molecular formula is C10H18N2O. The lowest BCUT2D eigenvalue weighted by molar-refractivity contribution is -0.129. The van der Waals surface area contributed by atoms with Crippen molar-refractivity contribution in [2.45, 2.75) is 32.2 Å². The Bertz CT molecular complexity index is 201. The zero-order valence-electron chi connectivity index (χ0n) is 8.20. The molecule has 0 saturated carbocycles. The molecule has 1 heterocycles. The van der Waals surface area contributed by atoms with E-state index >= 15 is 0 Å². The second kappa shape index (κ2) is 5.02. The Morgan fingerprint density at radius 2 is 2.38 bits per heavy atom. The Morgan fingerprint density at radius 1 is 1.62 bits per heavy atom. The van der Waals surface area contributed by atoms with Crippen molar-refractivity contribution in [1.82, 2.24) is 4.90 Å². The van der Waals surface area contributed by atoms with E-state index in [-0.39, 0.29) is 11.9 Å². The minimum Gasteiger partial charge on any atom is -0.335 e. The van der Waals surface area contributed by atoms with E-state index in [0.717, 1.165) is 19.4 Å². The van der Waals surface area contributed by atoms with E-state index in [2.05, 4.69) is 0 Å². The fourth-order valence-electron chi connectivity index (χ4n) is 1.77. The van der Waals surface area contributed by atoms with Crippen LogP contribution in [0.25, 0.3) is 0 Å².